The van der Waals surface area contributed by atoms with E-state index in [1.54, 1.807) is 12.1 Å². The van der Waals surface area contributed by atoms with Gasteiger partial charge in [-0.25, -0.2) is 4.98 Å². The molecular formula is C10H12N4O2. The number of aromatic hydroxyl groups is 2. The van der Waals surface area contributed by atoms with E-state index in [2.05, 4.69) is 20.5 Å². The summed E-state index contributed by atoms with van der Waals surface area (Å²) >= 11 is 0. The van der Waals surface area contributed by atoms with Crippen LogP contribution in [0, 0.1) is 0 Å². The molecule has 0 atom stereocenters. The Kier molecular flexibility index (Phi) is 3.02. The lowest BCUT2D eigenvalue weighted by Gasteiger charge is -2.06. The molecule has 2 aromatic rings. The number of hydrogen-bond donors (Lipinski definition) is 4. The molecule has 0 saturated carbocycles. The maximum absolute atomic E-state index is 9.53. The predicted molar refractivity (Wildman–Crippen MR) is 56.7 cm³/mol. The van der Waals surface area contributed by atoms with Crippen molar-refractivity contribution < 1.29 is 10.2 Å². The van der Waals surface area contributed by atoms with Crippen molar-refractivity contribution in [2.75, 3.05) is 0 Å². The van der Waals surface area contributed by atoms with Crippen molar-refractivity contribution in [3.63, 3.8) is 0 Å². The third-order valence-electron chi connectivity index (χ3n) is 2.17. The minimum Gasteiger partial charge on any atom is -0.504 e. The fraction of sp³-hybridized carbons (Fsp3) is 0.200. The van der Waals surface area contributed by atoms with Gasteiger partial charge >= 0.3 is 0 Å². The molecule has 0 amide bonds. The number of rotatable bonds is 4. The third-order valence-corrected chi connectivity index (χ3v) is 2.17. The average molecular weight is 220 g/mol. The van der Waals surface area contributed by atoms with Crippen LogP contribution in [-0.2, 0) is 13.1 Å². The van der Waals surface area contributed by atoms with Crippen LogP contribution in [0.2, 0.25) is 0 Å². The second kappa shape index (κ2) is 4.63. The number of phenolic OH excluding ortho intramolecular Hbond substituents is 2. The zero-order valence-corrected chi connectivity index (χ0v) is 8.51. The molecule has 0 bridgehead atoms. The molecule has 0 fully saturated rings. The van der Waals surface area contributed by atoms with Crippen molar-refractivity contribution in [3.8, 4) is 11.5 Å². The number of H-pyrrole nitrogens is 1. The molecule has 1 aromatic heterocycles. The molecule has 6 nitrogen and oxygen atoms in total. The highest BCUT2D eigenvalue weighted by atomic mass is 16.3. The highest BCUT2D eigenvalue weighted by Crippen LogP contribution is 2.27. The number of nitrogens with zero attached hydrogens (tertiary/aromatic N) is 2. The Bertz CT molecular complexity index is 456. The van der Waals surface area contributed by atoms with Crippen LogP contribution >= 0.6 is 0 Å². The molecular weight excluding hydrogens is 208 g/mol. The van der Waals surface area contributed by atoms with Crippen LogP contribution in [0.4, 0.5) is 0 Å². The van der Waals surface area contributed by atoms with Crippen molar-refractivity contribution in [3.05, 3.63) is 35.9 Å². The zero-order chi connectivity index (χ0) is 11.4. The summed E-state index contributed by atoms with van der Waals surface area (Å²) in [6.45, 7) is 0.968. The summed E-state index contributed by atoms with van der Waals surface area (Å²) < 4.78 is 0. The molecule has 0 saturated heterocycles. The molecule has 16 heavy (non-hydrogen) atoms. The molecule has 0 radical (unpaired) electrons. The van der Waals surface area contributed by atoms with Gasteiger partial charge in [-0.3, -0.25) is 5.10 Å². The minimum absolute atomic E-state index is 0.0902. The molecule has 6 heteroatoms. The highest BCUT2D eigenvalue weighted by Gasteiger charge is 2.05. The van der Waals surface area contributed by atoms with E-state index in [1.165, 1.54) is 12.4 Å². The molecule has 4 N–H and O–H groups in total. The Labute approximate surface area is 92.0 Å². The second-order valence-electron chi connectivity index (χ2n) is 3.32. The summed E-state index contributed by atoms with van der Waals surface area (Å²) in [4.78, 5) is 3.95. The first-order valence-electron chi connectivity index (χ1n) is 4.82. The summed E-state index contributed by atoms with van der Waals surface area (Å²) in [5.41, 5.74) is 0.638. The zero-order valence-electron chi connectivity index (χ0n) is 8.51. The van der Waals surface area contributed by atoms with Crippen LogP contribution in [0.25, 0.3) is 0 Å². The van der Waals surface area contributed by atoms with Crippen LogP contribution in [0.15, 0.2) is 24.5 Å². The van der Waals surface area contributed by atoms with Crippen molar-refractivity contribution in [1.29, 1.82) is 0 Å². The highest BCUT2D eigenvalue weighted by molar-refractivity contribution is 5.44. The van der Waals surface area contributed by atoms with Gasteiger partial charge in [0.15, 0.2) is 11.5 Å². The SMILES string of the molecule is Oc1cccc(CNCc2ncn[nH]2)c1O. The normalized spacial score (nSPS) is 10.5. The monoisotopic (exact) mass is 220 g/mol. The van der Waals surface area contributed by atoms with Gasteiger partial charge in [0.05, 0.1) is 6.54 Å². The largest absolute Gasteiger partial charge is 0.504 e. The molecule has 1 heterocycles. The smallest absolute Gasteiger partial charge is 0.161 e. The van der Waals surface area contributed by atoms with E-state index in [1.807, 2.05) is 0 Å². The number of para-hydroxylation sites is 1. The summed E-state index contributed by atoms with van der Waals surface area (Å²) in [7, 11) is 0. The molecule has 0 spiro atoms. The van der Waals surface area contributed by atoms with Gasteiger partial charge in [-0.05, 0) is 6.07 Å². The van der Waals surface area contributed by atoms with E-state index in [4.69, 9.17) is 0 Å². The quantitative estimate of drug-likeness (QED) is 0.563. The second-order valence-corrected chi connectivity index (χ2v) is 3.32. The first kappa shape index (κ1) is 10.4. The van der Waals surface area contributed by atoms with E-state index < -0.39 is 0 Å². The summed E-state index contributed by atoms with van der Waals surface area (Å²) in [5, 5.41) is 28.3. The Morgan fingerprint density at radius 2 is 2.12 bits per heavy atom. The van der Waals surface area contributed by atoms with Gasteiger partial charge in [-0.15, -0.1) is 0 Å². The summed E-state index contributed by atoms with van der Waals surface area (Å²) in [5.74, 6) is 0.520. The van der Waals surface area contributed by atoms with Crippen molar-refractivity contribution in [1.82, 2.24) is 20.5 Å². The van der Waals surface area contributed by atoms with Crippen molar-refractivity contribution in [2.45, 2.75) is 13.1 Å². The number of nitrogens with one attached hydrogen (secondary N) is 2. The van der Waals surface area contributed by atoms with Gasteiger partial charge in [0, 0.05) is 12.1 Å². The lowest BCUT2D eigenvalue weighted by Crippen LogP contribution is -2.13. The maximum atomic E-state index is 9.53. The standard InChI is InChI=1S/C10H12N4O2/c15-8-3-1-2-7(10(8)16)4-11-5-9-12-6-13-14-9/h1-3,6,11,15-16H,4-5H2,(H,12,13,14). The van der Waals surface area contributed by atoms with Gasteiger partial charge in [-0.2, -0.15) is 5.10 Å². The molecule has 0 aliphatic heterocycles. The van der Waals surface area contributed by atoms with Crippen LogP contribution in [-0.4, -0.2) is 25.4 Å². The lowest BCUT2D eigenvalue weighted by molar-refractivity contribution is 0.397. The lowest BCUT2D eigenvalue weighted by atomic mass is 10.2. The molecule has 1 aromatic carbocycles. The molecule has 0 unspecified atom stereocenters. The van der Waals surface area contributed by atoms with Gasteiger partial charge < -0.3 is 15.5 Å². The fourth-order valence-electron chi connectivity index (χ4n) is 1.35. The third kappa shape index (κ3) is 2.29. The predicted octanol–water partition coefficient (Wildman–Crippen LogP) is 0.506. The van der Waals surface area contributed by atoms with E-state index in [0.29, 0.717) is 18.7 Å². The molecule has 0 aliphatic carbocycles. The number of aromatic nitrogens is 3. The van der Waals surface area contributed by atoms with Crippen LogP contribution < -0.4 is 5.32 Å². The first-order valence-corrected chi connectivity index (χ1v) is 4.82. The Morgan fingerprint density at radius 1 is 1.25 bits per heavy atom. The van der Waals surface area contributed by atoms with Gasteiger partial charge in [0.1, 0.15) is 12.2 Å². The number of aromatic amines is 1. The molecule has 84 valence electrons. The van der Waals surface area contributed by atoms with E-state index in [-0.39, 0.29) is 11.5 Å². The van der Waals surface area contributed by atoms with Crippen molar-refractivity contribution >= 4 is 0 Å². The Morgan fingerprint density at radius 3 is 2.88 bits per heavy atom. The van der Waals surface area contributed by atoms with Gasteiger partial charge in [0.2, 0.25) is 0 Å². The number of phenols is 2. The Balaban J connectivity index is 1.92. The van der Waals surface area contributed by atoms with Gasteiger partial charge in [-0.1, -0.05) is 12.1 Å². The van der Waals surface area contributed by atoms with E-state index >= 15 is 0 Å². The fourth-order valence-corrected chi connectivity index (χ4v) is 1.35. The van der Waals surface area contributed by atoms with Crippen LogP contribution in [0.5, 0.6) is 11.5 Å². The van der Waals surface area contributed by atoms with Crippen molar-refractivity contribution in [2.24, 2.45) is 0 Å². The van der Waals surface area contributed by atoms with E-state index in [0.717, 1.165) is 5.82 Å². The maximum Gasteiger partial charge on any atom is 0.161 e. The average Bonchev–Trinajstić information content (AvgIpc) is 2.77. The summed E-state index contributed by atoms with van der Waals surface area (Å²) in [6.07, 6.45) is 1.43. The first-order chi connectivity index (χ1) is 7.77. The minimum atomic E-state index is -0.112. The molecule has 2 rings (SSSR count). The van der Waals surface area contributed by atoms with Gasteiger partial charge in [0.25, 0.3) is 0 Å². The summed E-state index contributed by atoms with van der Waals surface area (Å²) in [6, 6.07) is 4.86. The topological polar surface area (TPSA) is 94.1 Å². The Hall–Kier alpha value is -2.08. The molecule has 0 aliphatic rings. The van der Waals surface area contributed by atoms with Crippen LogP contribution in [0.1, 0.15) is 11.4 Å². The van der Waals surface area contributed by atoms with Crippen LogP contribution in [0.3, 0.4) is 0 Å². The number of benzene rings is 1. The number of hydrogen-bond acceptors (Lipinski definition) is 5. The van der Waals surface area contributed by atoms with E-state index in [9.17, 15) is 10.2 Å².